The quantitative estimate of drug-likeness (QED) is 0.659. The molecule has 10 heteroatoms. The van der Waals surface area contributed by atoms with E-state index in [1.165, 1.54) is 6.07 Å². The number of carbonyl (C=O) groups is 3. The van der Waals surface area contributed by atoms with Crippen LogP contribution in [0.15, 0.2) is 12.1 Å². The third-order valence-electron chi connectivity index (χ3n) is 4.04. The van der Waals surface area contributed by atoms with E-state index in [9.17, 15) is 23.9 Å². The summed E-state index contributed by atoms with van der Waals surface area (Å²) in [6.45, 7) is -0.445. The molecule has 1 spiro atoms. The minimum Gasteiger partial charge on any atom is -0.473 e. The second-order valence-corrected chi connectivity index (χ2v) is 5.53. The summed E-state index contributed by atoms with van der Waals surface area (Å²) in [6.07, 6.45) is -1.74. The SMILES string of the molecule is N#Cc1cc(F)c2c(c1)O[C@@]1(C[C@@H](C(N)=O)N(C(=O)O)C1)C(=O)N2. The van der Waals surface area contributed by atoms with E-state index in [0.717, 1.165) is 6.07 Å². The summed E-state index contributed by atoms with van der Waals surface area (Å²) in [6, 6.07) is 2.66. The number of benzene rings is 1. The van der Waals surface area contributed by atoms with Gasteiger partial charge < -0.3 is 20.9 Å². The number of amides is 3. The molecule has 1 saturated heterocycles. The molecule has 0 aliphatic carbocycles. The van der Waals surface area contributed by atoms with Gasteiger partial charge in [0.2, 0.25) is 11.5 Å². The molecule has 1 aromatic rings. The molecule has 4 N–H and O–H groups in total. The number of nitriles is 1. The van der Waals surface area contributed by atoms with Crippen LogP contribution < -0.4 is 15.8 Å². The number of likely N-dealkylation sites (tertiary alicyclic amines) is 1. The molecule has 0 bridgehead atoms. The Bertz CT molecular complexity index is 796. The van der Waals surface area contributed by atoms with E-state index in [0.29, 0.717) is 4.90 Å². The summed E-state index contributed by atoms with van der Waals surface area (Å²) >= 11 is 0. The first kappa shape index (κ1) is 15.5. The van der Waals surface area contributed by atoms with Gasteiger partial charge in [0.15, 0.2) is 5.82 Å². The van der Waals surface area contributed by atoms with Crippen molar-refractivity contribution in [3.63, 3.8) is 0 Å². The van der Waals surface area contributed by atoms with Gasteiger partial charge >= 0.3 is 6.09 Å². The first-order chi connectivity index (χ1) is 11.3. The van der Waals surface area contributed by atoms with E-state index in [1.807, 2.05) is 0 Å². The van der Waals surface area contributed by atoms with Crippen LogP contribution in [-0.2, 0) is 9.59 Å². The van der Waals surface area contributed by atoms with Gasteiger partial charge in [-0.05, 0) is 6.07 Å². The van der Waals surface area contributed by atoms with Crippen molar-refractivity contribution in [3.8, 4) is 11.8 Å². The molecule has 3 amide bonds. The van der Waals surface area contributed by atoms with Gasteiger partial charge in [-0.1, -0.05) is 0 Å². The molecule has 2 aliphatic rings. The summed E-state index contributed by atoms with van der Waals surface area (Å²) in [5, 5.41) is 20.4. The van der Waals surface area contributed by atoms with Gasteiger partial charge in [0.1, 0.15) is 17.5 Å². The van der Waals surface area contributed by atoms with Crippen molar-refractivity contribution in [2.45, 2.75) is 18.1 Å². The van der Waals surface area contributed by atoms with Crippen molar-refractivity contribution in [2.24, 2.45) is 5.73 Å². The number of hydrogen-bond acceptors (Lipinski definition) is 5. The highest BCUT2D eigenvalue weighted by atomic mass is 19.1. The number of fused-ring (bicyclic) bond motifs is 1. The zero-order valence-corrected chi connectivity index (χ0v) is 12.1. The largest absolute Gasteiger partial charge is 0.473 e. The fraction of sp³-hybridized carbons (Fsp3) is 0.286. The van der Waals surface area contributed by atoms with Gasteiger partial charge in [-0.15, -0.1) is 0 Å². The lowest BCUT2D eigenvalue weighted by molar-refractivity contribution is -0.131. The van der Waals surface area contributed by atoms with Crippen LogP contribution in [0.4, 0.5) is 14.9 Å². The lowest BCUT2D eigenvalue weighted by atomic mass is 9.96. The number of hydrogen-bond donors (Lipinski definition) is 3. The number of anilines is 1. The average Bonchev–Trinajstić information content (AvgIpc) is 2.90. The number of nitrogens with two attached hydrogens (primary N) is 1. The van der Waals surface area contributed by atoms with Crippen LogP contribution >= 0.6 is 0 Å². The zero-order chi connectivity index (χ0) is 17.6. The molecular formula is C14H11FN4O5. The van der Waals surface area contributed by atoms with Gasteiger partial charge in [0.25, 0.3) is 5.91 Å². The molecule has 24 heavy (non-hydrogen) atoms. The molecule has 1 aromatic carbocycles. The summed E-state index contributed by atoms with van der Waals surface area (Å²) in [4.78, 5) is 35.8. The highest BCUT2D eigenvalue weighted by molar-refractivity contribution is 6.03. The molecule has 9 nitrogen and oxygen atoms in total. The van der Waals surface area contributed by atoms with Crippen LogP contribution in [0.1, 0.15) is 12.0 Å². The maximum absolute atomic E-state index is 14.0. The number of ether oxygens (including phenoxy) is 1. The van der Waals surface area contributed by atoms with Gasteiger partial charge in [-0.25, -0.2) is 9.18 Å². The fourth-order valence-electron chi connectivity index (χ4n) is 2.90. The van der Waals surface area contributed by atoms with Crippen LogP contribution in [0.2, 0.25) is 0 Å². The lowest BCUT2D eigenvalue weighted by Crippen LogP contribution is -2.53. The van der Waals surface area contributed by atoms with Gasteiger partial charge in [0.05, 0.1) is 18.2 Å². The van der Waals surface area contributed by atoms with E-state index < -0.39 is 41.9 Å². The predicted octanol–water partition coefficient (Wildman–Crippen LogP) is 0.00468. The van der Waals surface area contributed by atoms with Gasteiger partial charge in [-0.3, -0.25) is 14.5 Å². The Balaban J connectivity index is 2.03. The van der Waals surface area contributed by atoms with Crippen molar-refractivity contribution in [1.29, 1.82) is 5.26 Å². The number of nitrogens with zero attached hydrogens (tertiary/aromatic N) is 2. The summed E-state index contributed by atoms with van der Waals surface area (Å²) in [7, 11) is 0. The predicted molar refractivity (Wildman–Crippen MR) is 75.4 cm³/mol. The highest BCUT2D eigenvalue weighted by Crippen LogP contribution is 2.41. The number of carboxylic acid groups (broad SMARTS) is 1. The summed E-state index contributed by atoms with van der Waals surface area (Å²) in [5.41, 5.74) is 3.20. The topological polar surface area (TPSA) is 146 Å². The maximum atomic E-state index is 14.0. The Hall–Kier alpha value is -3.35. The molecule has 0 saturated carbocycles. The van der Waals surface area contributed by atoms with Crippen LogP contribution in [0, 0.1) is 17.1 Å². The molecule has 1 fully saturated rings. The molecule has 0 unspecified atom stereocenters. The molecule has 3 rings (SSSR count). The third kappa shape index (κ3) is 2.18. The Morgan fingerprint density at radius 1 is 1.54 bits per heavy atom. The van der Waals surface area contributed by atoms with Crippen molar-refractivity contribution in [1.82, 2.24) is 4.90 Å². The van der Waals surface area contributed by atoms with E-state index in [1.54, 1.807) is 6.07 Å². The fourth-order valence-corrected chi connectivity index (χ4v) is 2.90. The molecule has 124 valence electrons. The lowest BCUT2D eigenvalue weighted by Gasteiger charge is -2.34. The monoisotopic (exact) mass is 334 g/mol. The van der Waals surface area contributed by atoms with E-state index in [4.69, 9.17) is 15.7 Å². The zero-order valence-electron chi connectivity index (χ0n) is 12.1. The molecule has 0 aromatic heterocycles. The Morgan fingerprint density at radius 3 is 2.79 bits per heavy atom. The second-order valence-electron chi connectivity index (χ2n) is 5.53. The number of rotatable bonds is 1. The Kier molecular flexibility index (Phi) is 3.30. The highest BCUT2D eigenvalue weighted by Gasteiger charge is 2.57. The minimum absolute atomic E-state index is 0.0305. The number of carbonyl (C=O) groups excluding carboxylic acids is 2. The first-order valence-electron chi connectivity index (χ1n) is 6.80. The van der Waals surface area contributed by atoms with Crippen LogP contribution in [-0.4, -0.2) is 46.1 Å². The molecule has 0 radical (unpaired) electrons. The smallest absolute Gasteiger partial charge is 0.408 e. The van der Waals surface area contributed by atoms with Crippen LogP contribution in [0.5, 0.6) is 5.75 Å². The number of primary amides is 1. The first-order valence-corrected chi connectivity index (χ1v) is 6.80. The second kappa shape index (κ2) is 5.09. The molecule has 2 aliphatic heterocycles. The normalized spacial score (nSPS) is 24.8. The number of halogens is 1. The standard InChI is InChI=1S/C14H11FN4O5/c15-7-1-6(4-16)2-9-10(7)18-12(21)14(24-9)3-8(11(17)20)19(5-14)13(22)23/h1-2,8H,3,5H2,(H2,17,20)(H,18,21)(H,22,23)/t8-,14+/m0/s1. The van der Waals surface area contributed by atoms with Crippen molar-refractivity contribution in [2.75, 3.05) is 11.9 Å². The molecular weight excluding hydrogens is 323 g/mol. The summed E-state index contributed by atoms with van der Waals surface area (Å²) < 4.78 is 19.5. The molecule has 2 heterocycles. The Morgan fingerprint density at radius 2 is 2.25 bits per heavy atom. The van der Waals surface area contributed by atoms with Crippen LogP contribution in [0.25, 0.3) is 0 Å². The van der Waals surface area contributed by atoms with Crippen molar-refractivity contribution in [3.05, 3.63) is 23.5 Å². The number of nitrogens with one attached hydrogen (secondary N) is 1. The van der Waals surface area contributed by atoms with Crippen molar-refractivity contribution < 1.29 is 28.6 Å². The average molecular weight is 334 g/mol. The Labute approximate surface area is 134 Å². The third-order valence-corrected chi connectivity index (χ3v) is 4.04. The summed E-state index contributed by atoms with van der Waals surface area (Å²) in [5.74, 6) is -2.67. The van der Waals surface area contributed by atoms with E-state index in [-0.39, 0.29) is 23.4 Å². The minimum atomic E-state index is -1.72. The van der Waals surface area contributed by atoms with Crippen molar-refractivity contribution >= 4 is 23.6 Å². The maximum Gasteiger partial charge on any atom is 0.408 e. The van der Waals surface area contributed by atoms with Gasteiger partial charge in [-0.2, -0.15) is 5.26 Å². The van der Waals surface area contributed by atoms with Gasteiger partial charge in [0, 0.05) is 12.5 Å². The van der Waals surface area contributed by atoms with Crippen LogP contribution in [0.3, 0.4) is 0 Å². The molecule has 2 atom stereocenters. The van der Waals surface area contributed by atoms with E-state index in [2.05, 4.69) is 5.32 Å². The van der Waals surface area contributed by atoms with E-state index >= 15 is 0 Å².